The molecule has 1 aromatic carbocycles. The fourth-order valence-electron chi connectivity index (χ4n) is 1.26. The van der Waals surface area contributed by atoms with E-state index in [0.29, 0.717) is 6.54 Å². The lowest BCUT2D eigenvalue weighted by molar-refractivity contribution is 0.264. The van der Waals surface area contributed by atoms with Crippen molar-refractivity contribution in [3.8, 4) is 0 Å². The molecule has 0 bridgehead atoms. The Labute approximate surface area is 83.1 Å². The maximum Gasteiger partial charge on any atom is 0.320 e. The molecule has 0 unspecified atom stereocenters. The van der Waals surface area contributed by atoms with E-state index in [-0.39, 0.29) is 0 Å². The second-order valence-electron chi connectivity index (χ2n) is 2.78. The average molecular weight is 198 g/mol. The van der Waals surface area contributed by atoms with Crippen molar-refractivity contribution in [3.63, 3.8) is 0 Å². The number of rotatable bonds is 2. The molecule has 1 rings (SSSR count). The summed E-state index contributed by atoms with van der Waals surface area (Å²) in [6, 6.07) is 7.67. The third-order valence-electron chi connectivity index (χ3n) is 1.93. The minimum atomic E-state index is -0.434. The molecule has 0 heterocycles. The van der Waals surface area contributed by atoms with Gasteiger partial charge in [-0.15, -0.1) is 0 Å². The van der Waals surface area contributed by atoms with E-state index in [4.69, 9.17) is 11.6 Å². The van der Waals surface area contributed by atoms with Crippen LogP contribution in [0, 0.1) is 6.92 Å². The zero-order valence-electron chi connectivity index (χ0n) is 7.75. The van der Waals surface area contributed by atoms with Crippen molar-refractivity contribution in [3.05, 3.63) is 29.8 Å². The summed E-state index contributed by atoms with van der Waals surface area (Å²) in [4.78, 5) is 12.6. The number of aryl methyl sites for hydroxylation is 1. The zero-order chi connectivity index (χ0) is 9.84. The molecule has 0 aliphatic heterocycles. The summed E-state index contributed by atoms with van der Waals surface area (Å²) < 4.78 is 0. The third-order valence-corrected chi connectivity index (χ3v) is 2.14. The Balaban J connectivity index is 3.04. The molecular weight excluding hydrogens is 186 g/mol. The van der Waals surface area contributed by atoms with E-state index in [0.717, 1.165) is 11.3 Å². The van der Waals surface area contributed by atoms with Crippen LogP contribution in [0.1, 0.15) is 12.5 Å². The number of anilines is 1. The fourth-order valence-corrected chi connectivity index (χ4v) is 1.47. The van der Waals surface area contributed by atoms with E-state index in [1.165, 1.54) is 4.90 Å². The predicted octanol–water partition coefficient (Wildman–Crippen LogP) is 3.18. The van der Waals surface area contributed by atoms with Gasteiger partial charge in [0, 0.05) is 12.2 Å². The van der Waals surface area contributed by atoms with Crippen LogP contribution in [0.15, 0.2) is 24.3 Å². The Morgan fingerprint density at radius 3 is 2.54 bits per heavy atom. The van der Waals surface area contributed by atoms with Crippen molar-refractivity contribution in [2.45, 2.75) is 13.8 Å². The van der Waals surface area contributed by atoms with E-state index in [9.17, 15) is 4.79 Å². The van der Waals surface area contributed by atoms with E-state index < -0.39 is 5.37 Å². The second kappa shape index (κ2) is 4.28. The third kappa shape index (κ3) is 2.22. The van der Waals surface area contributed by atoms with Crippen LogP contribution in [-0.4, -0.2) is 11.9 Å². The highest BCUT2D eigenvalue weighted by atomic mass is 35.5. The molecule has 0 radical (unpaired) electrons. The summed E-state index contributed by atoms with van der Waals surface area (Å²) in [5.41, 5.74) is 1.93. The largest absolute Gasteiger partial charge is 0.320 e. The van der Waals surface area contributed by atoms with Gasteiger partial charge in [-0.3, -0.25) is 9.69 Å². The molecule has 0 saturated carbocycles. The van der Waals surface area contributed by atoms with Crippen molar-refractivity contribution >= 4 is 22.7 Å². The van der Waals surface area contributed by atoms with E-state index >= 15 is 0 Å². The second-order valence-corrected chi connectivity index (χ2v) is 3.11. The van der Waals surface area contributed by atoms with Gasteiger partial charge in [-0.2, -0.15) is 0 Å². The zero-order valence-corrected chi connectivity index (χ0v) is 8.51. The number of amides is 1. The van der Waals surface area contributed by atoms with Gasteiger partial charge in [0.25, 0.3) is 0 Å². The van der Waals surface area contributed by atoms with Crippen LogP contribution < -0.4 is 4.90 Å². The molecule has 2 nitrogen and oxygen atoms in total. The smallest absolute Gasteiger partial charge is 0.299 e. The van der Waals surface area contributed by atoms with Crippen LogP contribution in [0.4, 0.5) is 10.5 Å². The van der Waals surface area contributed by atoms with Gasteiger partial charge in [0.05, 0.1) is 0 Å². The first-order chi connectivity index (χ1) is 6.16. The molecular formula is C10H12ClNO. The molecule has 0 spiro atoms. The lowest BCUT2D eigenvalue weighted by atomic mass is 10.2. The van der Waals surface area contributed by atoms with Gasteiger partial charge in [-0.25, -0.2) is 0 Å². The van der Waals surface area contributed by atoms with Gasteiger partial charge in [-0.05, 0) is 37.1 Å². The van der Waals surface area contributed by atoms with Crippen molar-refractivity contribution in [1.29, 1.82) is 0 Å². The average Bonchev–Trinajstić information content (AvgIpc) is 2.09. The number of carbonyl (C=O) groups is 1. The molecule has 0 aliphatic carbocycles. The maximum atomic E-state index is 11.0. The summed E-state index contributed by atoms with van der Waals surface area (Å²) in [7, 11) is 0. The molecule has 0 aromatic heterocycles. The summed E-state index contributed by atoms with van der Waals surface area (Å²) >= 11 is 5.44. The van der Waals surface area contributed by atoms with Gasteiger partial charge in [-0.1, -0.05) is 18.2 Å². The SMILES string of the molecule is CCN(C(=O)Cl)c1ccccc1C. The van der Waals surface area contributed by atoms with Gasteiger partial charge < -0.3 is 0 Å². The standard InChI is InChI=1S/C10H12ClNO/c1-3-12(10(11)13)9-7-5-4-6-8(9)2/h4-7H,3H2,1-2H3. The summed E-state index contributed by atoms with van der Waals surface area (Å²) in [5.74, 6) is 0. The molecule has 3 heteroatoms. The molecule has 0 saturated heterocycles. The van der Waals surface area contributed by atoms with Crippen molar-refractivity contribution in [2.75, 3.05) is 11.4 Å². The molecule has 1 amide bonds. The number of hydrogen-bond acceptors (Lipinski definition) is 1. The van der Waals surface area contributed by atoms with Crippen LogP contribution in [0.3, 0.4) is 0 Å². The maximum absolute atomic E-state index is 11.0. The van der Waals surface area contributed by atoms with E-state index in [2.05, 4.69) is 0 Å². The molecule has 0 N–H and O–H groups in total. The van der Waals surface area contributed by atoms with Gasteiger partial charge >= 0.3 is 5.37 Å². The molecule has 70 valence electrons. The highest BCUT2D eigenvalue weighted by Gasteiger charge is 2.11. The highest BCUT2D eigenvalue weighted by molar-refractivity contribution is 6.66. The van der Waals surface area contributed by atoms with Crippen LogP contribution >= 0.6 is 11.6 Å². The van der Waals surface area contributed by atoms with Crippen LogP contribution in [0.25, 0.3) is 0 Å². The quantitative estimate of drug-likeness (QED) is 0.527. The topological polar surface area (TPSA) is 20.3 Å². The Kier molecular flexibility index (Phi) is 3.32. The first-order valence-electron chi connectivity index (χ1n) is 4.19. The first-order valence-corrected chi connectivity index (χ1v) is 4.57. The van der Waals surface area contributed by atoms with E-state index in [1.54, 1.807) is 0 Å². The number of nitrogens with zero attached hydrogens (tertiary/aromatic N) is 1. The number of para-hydroxylation sites is 1. The summed E-state index contributed by atoms with van der Waals surface area (Å²) in [6.07, 6.45) is 0. The van der Waals surface area contributed by atoms with Gasteiger partial charge in [0.2, 0.25) is 0 Å². The number of carbonyl (C=O) groups excluding carboxylic acids is 1. The van der Waals surface area contributed by atoms with Gasteiger partial charge in [0.1, 0.15) is 0 Å². The van der Waals surface area contributed by atoms with E-state index in [1.807, 2.05) is 38.1 Å². The Hall–Kier alpha value is -1.02. The van der Waals surface area contributed by atoms with Crippen LogP contribution in [0.5, 0.6) is 0 Å². The molecule has 1 aromatic rings. The Morgan fingerprint density at radius 2 is 2.08 bits per heavy atom. The fraction of sp³-hybridized carbons (Fsp3) is 0.300. The van der Waals surface area contributed by atoms with Crippen molar-refractivity contribution in [2.24, 2.45) is 0 Å². The van der Waals surface area contributed by atoms with Gasteiger partial charge in [0.15, 0.2) is 0 Å². The monoisotopic (exact) mass is 197 g/mol. The summed E-state index contributed by atoms with van der Waals surface area (Å²) in [6.45, 7) is 4.44. The van der Waals surface area contributed by atoms with Crippen LogP contribution in [0.2, 0.25) is 0 Å². The van der Waals surface area contributed by atoms with Crippen molar-refractivity contribution < 1.29 is 4.79 Å². The lowest BCUT2D eigenvalue weighted by Gasteiger charge is -2.19. The molecule has 0 atom stereocenters. The minimum Gasteiger partial charge on any atom is -0.299 e. The highest BCUT2D eigenvalue weighted by Crippen LogP contribution is 2.20. The number of hydrogen-bond donors (Lipinski definition) is 0. The number of halogens is 1. The Morgan fingerprint density at radius 1 is 1.46 bits per heavy atom. The minimum absolute atomic E-state index is 0.434. The van der Waals surface area contributed by atoms with Crippen molar-refractivity contribution in [1.82, 2.24) is 0 Å². The summed E-state index contributed by atoms with van der Waals surface area (Å²) in [5, 5.41) is -0.434. The first kappa shape index (κ1) is 10.1. The molecule has 0 fully saturated rings. The molecule has 13 heavy (non-hydrogen) atoms. The molecule has 0 aliphatic rings. The van der Waals surface area contributed by atoms with Crippen LogP contribution in [-0.2, 0) is 0 Å². The number of benzene rings is 1. The normalized spacial score (nSPS) is 9.77. The lowest BCUT2D eigenvalue weighted by Crippen LogP contribution is -2.25. The Bertz CT molecular complexity index is 312. The predicted molar refractivity (Wildman–Crippen MR) is 55.4 cm³/mol.